The summed E-state index contributed by atoms with van der Waals surface area (Å²) in [5.41, 5.74) is 1.44. The first-order chi connectivity index (χ1) is 12.4. The highest BCUT2D eigenvalue weighted by atomic mass is 16.6. The number of non-ortho nitro benzene ring substituents is 1. The third kappa shape index (κ3) is 4.92. The molecule has 0 radical (unpaired) electrons. The molecule has 7 heteroatoms. The summed E-state index contributed by atoms with van der Waals surface area (Å²) in [4.78, 5) is 23.5. The van der Waals surface area contributed by atoms with Crippen molar-refractivity contribution in [2.75, 3.05) is 14.1 Å². The molecule has 2 aromatic carbocycles. The molecule has 0 saturated carbocycles. The zero-order valence-electron chi connectivity index (χ0n) is 14.4. The minimum Gasteiger partial charge on any atom is -0.489 e. The predicted octanol–water partition coefficient (Wildman–Crippen LogP) is 3.17. The quantitative estimate of drug-likeness (QED) is 0.345. The second-order valence-electron chi connectivity index (χ2n) is 5.65. The number of hydrogen-bond acceptors (Lipinski definition) is 5. The predicted molar refractivity (Wildman–Crippen MR) is 96.2 cm³/mol. The fourth-order valence-corrected chi connectivity index (χ4v) is 2.14. The molecule has 2 rings (SSSR count). The van der Waals surface area contributed by atoms with Crippen molar-refractivity contribution in [2.45, 2.75) is 6.61 Å². The highest BCUT2D eigenvalue weighted by Gasteiger charge is 2.11. The van der Waals surface area contributed by atoms with Crippen LogP contribution in [0.5, 0.6) is 5.75 Å². The molecule has 0 N–H and O–H groups in total. The molecule has 7 nitrogen and oxygen atoms in total. The zero-order valence-corrected chi connectivity index (χ0v) is 14.4. The molecule has 2 aromatic rings. The van der Waals surface area contributed by atoms with Gasteiger partial charge in [0.15, 0.2) is 0 Å². The number of carbonyl (C=O) groups is 1. The lowest BCUT2D eigenvalue weighted by atomic mass is 10.1. The summed E-state index contributed by atoms with van der Waals surface area (Å²) in [6, 6.07) is 15.0. The molecule has 132 valence electrons. The van der Waals surface area contributed by atoms with E-state index in [1.807, 2.05) is 6.07 Å². The second kappa shape index (κ2) is 8.44. The minimum atomic E-state index is -0.452. The van der Waals surface area contributed by atoms with Crippen molar-refractivity contribution in [2.24, 2.45) is 0 Å². The number of carbonyl (C=O) groups excluding carboxylic acids is 1. The van der Waals surface area contributed by atoms with Crippen molar-refractivity contribution >= 4 is 17.7 Å². The smallest absolute Gasteiger partial charge is 0.269 e. The van der Waals surface area contributed by atoms with Gasteiger partial charge in [-0.15, -0.1) is 0 Å². The normalized spacial score (nSPS) is 10.7. The topological polar surface area (TPSA) is 96.5 Å². The lowest BCUT2D eigenvalue weighted by Crippen LogP contribution is -2.22. The number of nitro benzene ring substituents is 1. The van der Waals surface area contributed by atoms with Crippen LogP contribution in [0.15, 0.2) is 54.1 Å². The third-order valence-electron chi connectivity index (χ3n) is 3.48. The number of nitro groups is 1. The molecule has 26 heavy (non-hydrogen) atoms. The summed E-state index contributed by atoms with van der Waals surface area (Å²) < 4.78 is 5.62. The highest BCUT2D eigenvalue weighted by Crippen LogP contribution is 2.18. The van der Waals surface area contributed by atoms with E-state index in [4.69, 9.17) is 10.00 Å². The Morgan fingerprint density at radius 3 is 2.54 bits per heavy atom. The fraction of sp³-hybridized carbons (Fsp3) is 0.158. The molecular weight excluding hydrogens is 334 g/mol. The maximum Gasteiger partial charge on any atom is 0.269 e. The SMILES string of the molecule is CN(C)C(=O)/C(C#N)=C\c1ccc(OCc2cccc([N+](=O)[O-])c2)cc1. The van der Waals surface area contributed by atoms with E-state index in [1.165, 1.54) is 23.1 Å². The monoisotopic (exact) mass is 351 g/mol. The molecule has 0 aromatic heterocycles. The number of benzene rings is 2. The van der Waals surface area contributed by atoms with E-state index in [0.717, 1.165) is 0 Å². The molecule has 0 bridgehead atoms. The van der Waals surface area contributed by atoms with Gasteiger partial charge in [0.2, 0.25) is 0 Å². The van der Waals surface area contributed by atoms with E-state index in [2.05, 4.69) is 0 Å². The van der Waals surface area contributed by atoms with Crippen LogP contribution < -0.4 is 4.74 Å². The summed E-state index contributed by atoms with van der Waals surface area (Å²) in [5, 5.41) is 19.9. The van der Waals surface area contributed by atoms with Crippen LogP contribution in [0.3, 0.4) is 0 Å². The van der Waals surface area contributed by atoms with Crippen LogP contribution in [-0.4, -0.2) is 29.8 Å². The molecule has 0 unspecified atom stereocenters. The molecular formula is C19H17N3O4. The molecule has 0 fully saturated rings. The van der Waals surface area contributed by atoms with E-state index >= 15 is 0 Å². The molecule has 0 aliphatic rings. The number of hydrogen-bond donors (Lipinski definition) is 0. The Kier molecular flexibility index (Phi) is 6.06. The van der Waals surface area contributed by atoms with Crippen LogP contribution in [0.25, 0.3) is 6.08 Å². The summed E-state index contributed by atoms with van der Waals surface area (Å²) >= 11 is 0. The van der Waals surface area contributed by atoms with Crippen LogP contribution >= 0.6 is 0 Å². The molecule has 0 saturated heterocycles. The zero-order chi connectivity index (χ0) is 19.1. The second-order valence-corrected chi connectivity index (χ2v) is 5.65. The average Bonchev–Trinajstić information content (AvgIpc) is 2.65. The number of ether oxygens (including phenoxy) is 1. The van der Waals surface area contributed by atoms with Crippen molar-refractivity contribution < 1.29 is 14.5 Å². The third-order valence-corrected chi connectivity index (χ3v) is 3.48. The van der Waals surface area contributed by atoms with Crippen molar-refractivity contribution in [1.82, 2.24) is 4.90 Å². The van der Waals surface area contributed by atoms with E-state index < -0.39 is 4.92 Å². The summed E-state index contributed by atoms with van der Waals surface area (Å²) in [5.74, 6) is 0.213. The largest absolute Gasteiger partial charge is 0.489 e. The highest BCUT2D eigenvalue weighted by molar-refractivity contribution is 6.01. The van der Waals surface area contributed by atoms with Crippen LogP contribution in [0.1, 0.15) is 11.1 Å². The molecule has 0 spiro atoms. The maximum absolute atomic E-state index is 11.8. The lowest BCUT2D eigenvalue weighted by Gasteiger charge is -2.09. The van der Waals surface area contributed by atoms with Gasteiger partial charge in [-0.05, 0) is 29.3 Å². The number of rotatable bonds is 6. The van der Waals surface area contributed by atoms with Gasteiger partial charge in [-0.25, -0.2) is 0 Å². The Morgan fingerprint density at radius 1 is 1.27 bits per heavy atom. The van der Waals surface area contributed by atoms with Crippen LogP contribution in [0.2, 0.25) is 0 Å². The molecule has 1 amide bonds. The van der Waals surface area contributed by atoms with Crippen LogP contribution in [0, 0.1) is 21.4 Å². The van der Waals surface area contributed by atoms with Crippen molar-refractivity contribution in [1.29, 1.82) is 5.26 Å². The standard InChI is InChI=1S/C19H17N3O4/c1-21(2)19(23)16(12-20)10-14-6-8-18(9-7-14)26-13-15-4-3-5-17(11-15)22(24)25/h3-11H,13H2,1-2H3/b16-10-. The summed E-state index contributed by atoms with van der Waals surface area (Å²) in [6.07, 6.45) is 1.51. The maximum atomic E-state index is 11.8. The average molecular weight is 351 g/mol. The Hall–Kier alpha value is -3.66. The lowest BCUT2D eigenvalue weighted by molar-refractivity contribution is -0.384. The number of nitrogens with zero attached hydrogens (tertiary/aromatic N) is 3. The van der Waals surface area contributed by atoms with E-state index in [1.54, 1.807) is 50.5 Å². The Labute approximate surface area is 150 Å². The minimum absolute atomic E-state index is 0.0150. The molecule has 0 aliphatic carbocycles. The van der Waals surface area contributed by atoms with Crippen LogP contribution in [0.4, 0.5) is 5.69 Å². The van der Waals surface area contributed by atoms with Gasteiger partial charge in [-0.1, -0.05) is 24.3 Å². The van der Waals surface area contributed by atoms with Crippen LogP contribution in [-0.2, 0) is 11.4 Å². The first-order valence-electron chi connectivity index (χ1n) is 7.70. The van der Waals surface area contributed by atoms with Gasteiger partial charge in [-0.3, -0.25) is 14.9 Å². The van der Waals surface area contributed by atoms with Gasteiger partial charge in [0.1, 0.15) is 24.0 Å². The van der Waals surface area contributed by atoms with Gasteiger partial charge in [0.25, 0.3) is 11.6 Å². The number of likely N-dealkylation sites (N-methyl/N-ethyl adjacent to an activating group) is 1. The Balaban J connectivity index is 2.06. The van der Waals surface area contributed by atoms with Gasteiger partial charge in [0.05, 0.1) is 4.92 Å². The van der Waals surface area contributed by atoms with Crippen molar-refractivity contribution in [3.05, 3.63) is 75.3 Å². The van der Waals surface area contributed by atoms with Gasteiger partial charge in [0, 0.05) is 26.2 Å². The summed E-state index contributed by atoms with van der Waals surface area (Å²) in [7, 11) is 3.16. The van der Waals surface area contributed by atoms with E-state index in [9.17, 15) is 14.9 Å². The molecule has 0 aliphatic heterocycles. The van der Waals surface area contributed by atoms with Gasteiger partial charge >= 0.3 is 0 Å². The summed E-state index contributed by atoms with van der Waals surface area (Å²) in [6.45, 7) is 0.194. The first-order valence-corrected chi connectivity index (χ1v) is 7.70. The molecule has 0 heterocycles. The Morgan fingerprint density at radius 2 is 1.96 bits per heavy atom. The van der Waals surface area contributed by atoms with Gasteiger partial charge in [-0.2, -0.15) is 5.26 Å². The van der Waals surface area contributed by atoms with Gasteiger partial charge < -0.3 is 9.64 Å². The number of nitriles is 1. The van der Waals surface area contributed by atoms with E-state index in [0.29, 0.717) is 16.9 Å². The van der Waals surface area contributed by atoms with Crippen molar-refractivity contribution in [3.63, 3.8) is 0 Å². The Bertz CT molecular complexity index is 880. The fourth-order valence-electron chi connectivity index (χ4n) is 2.14. The molecule has 0 atom stereocenters. The van der Waals surface area contributed by atoms with E-state index in [-0.39, 0.29) is 23.8 Å². The number of amides is 1. The first kappa shape index (κ1) is 18.7. The van der Waals surface area contributed by atoms with Crippen molar-refractivity contribution in [3.8, 4) is 11.8 Å².